The number of hydrogen-bond acceptors (Lipinski definition) is 3. The molecule has 1 aliphatic carbocycles. The van der Waals surface area contributed by atoms with Crippen molar-refractivity contribution in [1.82, 2.24) is 0 Å². The first-order valence-corrected chi connectivity index (χ1v) is 9.15. The van der Waals surface area contributed by atoms with Crippen molar-refractivity contribution in [3.05, 3.63) is 57.3 Å². The van der Waals surface area contributed by atoms with Crippen LogP contribution in [0.3, 0.4) is 0 Å². The molecule has 0 aromatic heterocycles. The third-order valence-electron chi connectivity index (χ3n) is 4.16. The predicted molar refractivity (Wildman–Crippen MR) is 100.0 cm³/mol. The second kappa shape index (κ2) is 7.79. The molecule has 0 unspecified atom stereocenters. The maximum absolute atomic E-state index is 13.6. The van der Waals surface area contributed by atoms with Gasteiger partial charge in [0.15, 0.2) is 0 Å². The first kappa shape index (κ1) is 17.6. The summed E-state index contributed by atoms with van der Waals surface area (Å²) in [5.41, 5.74) is 3.50. The van der Waals surface area contributed by atoms with Crippen LogP contribution in [0.2, 0.25) is 0 Å². The molecule has 0 amide bonds. The number of ether oxygens (including phenoxy) is 1. The summed E-state index contributed by atoms with van der Waals surface area (Å²) < 4.78 is 20.5. The van der Waals surface area contributed by atoms with Crippen molar-refractivity contribution >= 4 is 21.6 Å². The zero-order valence-corrected chi connectivity index (χ0v) is 15.6. The van der Waals surface area contributed by atoms with Crippen LogP contribution >= 0.6 is 15.9 Å². The van der Waals surface area contributed by atoms with Crippen LogP contribution in [0.5, 0.6) is 11.5 Å². The van der Waals surface area contributed by atoms with E-state index in [1.54, 1.807) is 6.07 Å². The van der Waals surface area contributed by atoms with Crippen LogP contribution in [0.25, 0.3) is 0 Å². The van der Waals surface area contributed by atoms with Gasteiger partial charge in [-0.05, 0) is 43.5 Å². The Kier molecular flexibility index (Phi) is 5.50. The van der Waals surface area contributed by atoms with Crippen LogP contribution < -0.4 is 4.74 Å². The van der Waals surface area contributed by atoms with E-state index in [4.69, 9.17) is 15.0 Å². The lowest BCUT2D eigenvalue weighted by atomic mass is 10.1. The first-order chi connectivity index (χ1) is 12.1. The van der Waals surface area contributed by atoms with Crippen LogP contribution in [0.1, 0.15) is 42.9 Å². The van der Waals surface area contributed by atoms with E-state index in [0.717, 1.165) is 53.5 Å². The molecule has 3 rings (SSSR count). The number of benzene rings is 2. The molecule has 0 heterocycles. The molecule has 25 heavy (non-hydrogen) atoms. The van der Waals surface area contributed by atoms with Gasteiger partial charge in [0.1, 0.15) is 17.3 Å². The lowest BCUT2D eigenvalue weighted by Crippen LogP contribution is -1.99. The fourth-order valence-corrected chi connectivity index (χ4v) is 3.57. The van der Waals surface area contributed by atoms with Crippen LogP contribution in [-0.4, -0.2) is 12.3 Å². The molecular weight excluding hydrogens is 383 g/mol. The fourth-order valence-electron chi connectivity index (χ4n) is 2.97. The highest BCUT2D eigenvalue weighted by atomic mass is 79.9. The van der Waals surface area contributed by atoms with E-state index < -0.39 is 5.82 Å². The molecule has 3 nitrogen and oxygen atoms in total. The number of nitriles is 1. The van der Waals surface area contributed by atoms with E-state index in [1.807, 2.05) is 18.2 Å². The number of hydrogen-bond donors (Lipinski definition) is 0. The summed E-state index contributed by atoms with van der Waals surface area (Å²) in [5.74, 6) is 0.537. The number of fused-ring (bicyclic) bond motifs is 1. The molecule has 2 aromatic rings. The van der Waals surface area contributed by atoms with Gasteiger partial charge >= 0.3 is 0 Å². The minimum atomic E-state index is -0.482. The third kappa shape index (κ3) is 3.91. The Hall–Kier alpha value is -2.19. The largest absolute Gasteiger partial charge is 0.457 e. The summed E-state index contributed by atoms with van der Waals surface area (Å²) in [6.45, 7) is 2.98. The zero-order chi connectivity index (χ0) is 17.8. The molecule has 0 saturated heterocycles. The molecular formula is C20H18BrFN2O. The Morgan fingerprint density at radius 2 is 2.12 bits per heavy atom. The van der Waals surface area contributed by atoms with Crippen molar-refractivity contribution in [3.63, 3.8) is 0 Å². The Morgan fingerprint density at radius 1 is 1.28 bits per heavy atom. The van der Waals surface area contributed by atoms with Gasteiger partial charge in [-0.25, -0.2) is 4.39 Å². The quantitative estimate of drug-likeness (QED) is 0.596. The average Bonchev–Trinajstić information content (AvgIpc) is 3.02. The normalized spacial score (nSPS) is 14.4. The predicted octanol–water partition coefficient (Wildman–Crippen LogP) is 5.79. The van der Waals surface area contributed by atoms with Gasteiger partial charge < -0.3 is 4.74 Å². The van der Waals surface area contributed by atoms with Gasteiger partial charge in [0.25, 0.3) is 0 Å². The Bertz CT molecular complexity index is 871. The van der Waals surface area contributed by atoms with E-state index >= 15 is 0 Å². The van der Waals surface area contributed by atoms with E-state index in [9.17, 15) is 4.39 Å². The van der Waals surface area contributed by atoms with Crippen molar-refractivity contribution in [2.24, 2.45) is 4.99 Å². The summed E-state index contributed by atoms with van der Waals surface area (Å²) in [7, 11) is 0. The number of halogens is 2. The molecule has 0 N–H and O–H groups in total. The molecule has 0 saturated carbocycles. The molecule has 2 aromatic carbocycles. The SMILES string of the molecule is CCCC/N=C1/CCc2c(Oc3cc(F)cc(C#N)c3)ccc(Br)c21. The highest BCUT2D eigenvalue weighted by Crippen LogP contribution is 2.38. The minimum absolute atomic E-state index is 0.241. The van der Waals surface area contributed by atoms with Gasteiger partial charge in [0.05, 0.1) is 11.6 Å². The van der Waals surface area contributed by atoms with Crippen molar-refractivity contribution in [2.45, 2.75) is 32.6 Å². The number of rotatable bonds is 5. The number of nitrogens with zero attached hydrogens (tertiary/aromatic N) is 2. The molecule has 0 fully saturated rings. The van der Waals surface area contributed by atoms with Gasteiger partial charge in [-0.2, -0.15) is 5.26 Å². The fraction of sp³-hybridized carbons (Fsp3) is 0.300. The van der Waals surface area contributed by atoms with Crippen molar-refractivity contribution in [2.75, 3.05) is 6.54 Å². The second-order valence-corrected chi connectivity index (χ2v) is 6.82. The first-order valence-electron chi connectivity index (χ1n) is 8.36. The van der Waals surface area contributed by atoms with E-state index in [2.05, 4.69) is 22.9 Å². The van der Waals surface area contributed by atoms with Gasteiger partial charge in [-0.15, -0.1) is 0 Å². The molecule has 1 aliphatic rings. The summed E-state index contributed by atoms with van der Waals surface area (Å²) in [4.78, 5) is 4.73. The monoisotopic (exact) mass is 400 g/mol. The minimum Gasteiger partial charge on any atom is -0.457 e. The maximum Gasteiger partial charge on any atom is 0.131 e. The smallest absolute Gasteiger partial charge is 0.131 e. The van der Waals surface area contributed by atoms with Crippen molar-refractivity contribution < 1.29 is 9.13 Å². The molecule has 0 atom stereocenters. The summed E-state index contributed by atoms with van der Waals surface area (Å²) in [5, 5.41) is 8.99. The van der Waals surface area contributed by atoms with E-state index in [0.29, 0.717) is 11.5 Å². The summed E-state index contributed by atoms with van der Waals surface area (Å²) in [6.07, 6.45) is 3.92. The van der Waals surface area contributed by atoms with Gasteiger partial charge in [-0.1, -0.05) is 29.3 Å². The Labute approximate surface area is 155 Å². The lowest BCUT2D eigenvalue weighted by Gasteiger charge is -2.12. The second-order valence-electron chi connectivity index (χ2n) is 5.97. The van der Waals surface area contributed by atoms with Gasteiger partial charge in [-0.3, -0.25) is 4.99 Å². The standard InChI is InChI=1S/C20H18BrFN2O/c1-2-3-8-24-18-6-4-16-19(7-5-17(21)20(16)18)25-15-10-13(12-23)9-14(22)11-15/h5,7,9-11H,2-4,6,8H2,1H3/b24-18-. The Balaban J connectivity index is 1.94. The van der Waals surface area contributed by atoms with Gasteiger partial charge in [0.2, 0.25) is 0 Å². The summed E-state index contributed by atoms with van der Waals surface area (Å²) >= 11 is 3.61. The molecule has 0 aliphatic heterocycles. The van der Waals surface area contributed by atoms with Crippen LogP contribution in [-0.2, 0) is 6.42 Å². The molecule has 0 spiro atoms. The van der Waals surface area contributed by atoms with Crippen molar-refractivity contribution in [1.29, 1.82) is 5.26 Å². The van der Waals surface area contributed by atoms with Crippen LogP contribution in [0.15, 0.2) is 39.8 Å². The third-order valence-corrected chi connectivity index (χ3v) is 4.82. The Morgan fingerprint density at radius 3 is 2.88 bits per heavy atom. The summed E-state index contributed by atoms with van der Waals surface area (Å²) in [6, 6.07) is 9.77. The molecule has 0 bridgehead atoms. The highest BCUT2D eigenvalue weighted by molar-refractivity contribution is 9.10. The van der Waals surface area contributed by atoms with Crippen molar-refractivity contribution in [3.8, 4) is 17.6 Å². The average molecular weight is 401 g/mol. The zero-order valence-electron chi connectivity index (χ0n) is 14.0. The highest BCUT2D eigenvalue weighted by Gasteiger charge is 2.24. The number of unbranched alkanes of at least 4 members (excludes halogenated alkanes) is 1. The molecule has 0 radical (unpaired) electrons. The molecule has 5 heteroatoms. The van der Waals surface area contributed by atoms with Crippen LogP contribution in [0.4, 0.5) is 4.39 Å². The topological polar surface area (TPSA) is 45.4 Å². The number of aliphatic imine (C=N–C) groups is 1. The van der Waals surface area contributed by atoms with E-state index in [-0.39, 0.29) is 5.56 Å². The maximum atomic E-state index is 13.6. The lowest BCUT2D eigenvalue weighted by molar-refractivity contribution is 0.471. The van der Waals surface area contributed by atoms with Gasteiger partial charge in [0, 0.05) is 33.9 Å². The van der Waals surface area contributed by atoms with Crippen LogP contribution in [0, 0.1) is 17.1 Å². The van der Waals surface area contributed by atoms with E-state index in [1.165, 1.54) is 12.1 Å². The molecule has 128 valence electrons.